The lowest BCUT2D eigenvalue weighted by Crippen LogP contribution is -2.33. The van der Waals surface area contributed by atoms with Crippen molar-refractivity contribution in [2.24, 2.45) is 5.73 Å². The Morgan fingerprint density at radius 3 is 2.83 bits per heavy atom. The highest BCUT2D eigenvalue weighted by Crippen LogP contribution is 2.25. The quantitative estimate of drug-likeness (QED) is 0.790. The molecule has 0 spiro atoms. The molecule has 1 aromatic heterocycles. The Balaban J connectivity index is 2.56. The second kappa shape index (κ2) is 3.49. The summed E-state index contributed by atoms with van der Waals surface area (Å²) in [7, 11) is 0. The molecule has 0 aromatic carbocycles. The van der Waals surface area contributed by atoms with Crippen LogP contribution in [0.3, 0.4) is 0 Å². The SMILES string of the molecule is CC(C)(N)CC(F)c1ccsn1. The molecule has 4 heteroatoms. The van der Waals surface area contributed by atoms with E-state index >= 15 is 0 Å². The maximum atomic E-state index is 13.3. The van der Waals surface area contributed by atoms with Gasteiger partial charge in [0.1, 0.15) is 6.17 Å². The van der Waals surface area contributed by atoms with E-state index in [1.807, 2.05) is 13.8 Å². The molecule has 1 rings (SSSR count). The van der Waals surface area contributed by atoms with Crippen LogP contribution in [0.4, 0.5) is 4.39 Å². The van der Waals surface area contributed by atoms with Gasteiger partial charge in [0, 0.05) is 17.3 Å². The molecule has 0 aliphatic carbocycles. The highest BCUT2D eigenvalue weighted by atomic mass is 32.1. The third-order valence-electron chi connectivity index (χ3n) is 1.48. The Hall–Kier alpha value is -0.480. The molecule has 1 aromatic rings. The highest BCUT2D eigenvalue weighted by molar-refractivity contribution is 7.03. The molecule has 0 fully saturated rings. The molecule has 1 heterocycles. The average molecular weight is 188 g/mol. The molecule has 2 nitrogen and oxygen atoms in total. The summed E-state index contributed by atoms with van der Waals surface area (Å²) in [6, 6.07) is 1.70. The van der Waals surface area contributed by atoms with Crippen LogP contribution in [-0.2, 0) is 0 Å². The summed E-state index contributed by atoms with van der Waals surface area (Å²) in [4.78, 5) is 0. The van der Waals surface area contributed by atoms with Crippen molar-refractivity contribution in [3.63, 3.8) is 0 Å². The topological polar surface area (TPSA) is 38.9 Å². The van der Waals surface area contributed by atoms with Crippen molar-refractivity contribution in [1.82, 2.24) is 4.37 Å². The Morgan fingerprint density at radius 2 is 2.42 bits per heavy atom. The van der Waals surface area contributed by atoms with Crippen LogP contribution in [0.2, 0.25) is 0 Å². The number of aromatic nitrogens is 1. The zero-order valence-electron chi connectivity index (χ0n) is 7.25. The second-order valence-corrected chi connectivity index (χ2v) is 4.25. The maximum Gasteiger partial charge on any atom is 0.145 e. The van der Waals surface area contributed by atoms with Crippen molar-refractivity contribution in [3.05, 3.63) is 17.1 Å². The van der Waals surface area contributed by atoms with Crippen molar-refractivity contribution >= 4 is 11.5 Å². The van der Waals surface area contributed by atoms with Crippen LogP contribution in [0.1, 0.15) is 32.1 Å². The molecule has 0 bridgehead atoms. The molecular weight excluding hydrogens is 175 g/mol. The summed E-state index contributed by atoms with van der Waals surface area (Å²) < 4.78 is 17.2. The number of rotatable bonds is 3. The molecule has 0 saturated heterocycles. The van der Waals surface area contributed by atoms with Gasteiger partial charge in [-0.2, -0.15) is 4.37 Å². The van der Waals surface area contributed by atoms with Crippen LogP contribution in [0, 0.1) is 0 Å². The van der Waals surface area contributed by atoms with Crippen LogP contribution < -0.4 is 5.73 Å². The van der Waals surface area contributed by atoms with E-state index < -0.39 is 11.7 Å². The Morgan fingerprint density at radius 1 is 1.75 bits per heavy atom. The maximum absolute atomic E-state index is 13.3. The van der Waals surface area contributed by atoms with Gasteiger partial charge in [-0.05, 0) is 31.4 Å². The van der Waals surface area contributed by atoms with Gasteiger partial charge in [0.2, 0.25) is 0 Å². The Bertz CT molecular complexity index is 228. The molecule has 0 saturated carbocycles. The lowest BCUT2D eigenvalue weighted by atomic mass is 9.98. The van der Waals surface area contributed by atoms with E-state index in [1.165, 1.54) is 11.5 Å². The number of hydrogen-bond donors (Lipinski definition) is 1. The summed E-state index contributed by atoms with van der Waals surface area (Å²) in [6.45, 7) is 3.62. The van der Waals surface area contributed by atoms with E-state index in [1.54, 1.807) is 11.4 Å². The van der Waals surface area contributed by atoms with E-state index in [9.17, 15) is 4.39 Å². The van der Waals surface area contributed by atoms with Crippen molar-refractivity contribution < 1.29 is 4.39 Å². The van der Waals surface area contributed by atoms with E-state index in [0.717, 1.165) is 0 Å². The smallest absolute Gasteiger partial charge is 0.145 e. The molecule has 1 atom stereocenters. The van der Waals surface area contributed by atoms with E-state index in [2.05, 4.69) is 4.37 Å². The minimum Gasteiger partial charge on any atom is -0.325 e. The predicted octanol–water partition coefficient (Wildman–Crippen LogP) is 2.28. The standard InChI is InChI=1S/C8H13FN2S/c1-8(2,10)5-6(9)7-3-4-12-11-7/h3-4,6H,5,10H2,1-2H3. The lowest BCUT2D eigenvalue weighted by Gasteiger charge is -2.19. The molecular formula is C8H13FN2S. The summed E-state index contributed by atoms with van der Waals surface area (Å²) in [5, 5.41) is 1.77. The number of alkyl halides is 1. The molecule has 0 amide bonds. The molecule has 0 aliphatic rings. The third kappa shape index (κ3) is 2.87. The van der Waals surface area contributed by atoms with Gasteiger partial charge < -0.3 is 5.73 Å². The summed E-state index contributed by atoms with van der Waals surface area (Å²) in [5.74, 6) is 0. The zero-order valence-corrected chi connectivity index (χ0v) is 8.07. The predicted molar refractivity (Wildman–Crippen MR) is 48.8 cm³/mol. The average Bonchev–Trinajstić information content (AvgIpc) is 2.32. The van der Waals surface area contributed by atoms with Crippen LogP contribution in [-0.4, -0.2) is 9.91 Å². The largest absolute Gasteiger partial charge is 0.325 e. The van der Waals surface area contributed by atoms with Crippen LogP contribution in [0.5, 0.6) is 0 Å². The Labute approximate surface area is 75.8 Å². The molecule has 0 aliphatic heterocycles. The van der Waals surface area contributed by atoms with Crippen molar-refractivity contribution in [2.45, 2.75) is 32.0 Å². The molecule has 2 N–H and O–H groups in total. The third-order valence-corrected chi connectivity index (χ3v) is 2.06. The first-order valence-electron chi connectivity index (χ1n) is 3.82. The Kier molecular flexibility index (Phi) is 2.80. The van der Waals surface area contributed by atoms with Gasteiger partial charge in [-0.1, -0.05) is 0 Å². The van der Waals surface area contributed by atoms with Gasteiger partial charge >= 0.3 is 0 Å². The van der Waals surface area contributed by atoms with Gasteiger partial charge in [-0.15, -0.1) is 0 Å². The molecule has 68 valence electrons. The summed E-state index contributed by atoms with van der Waals surface area (Å²) in [6.07, 6.45) is -0.715. The van der Waals surface area contributed by atoms with E-state index in [-0.39, 0.29) is 0 Å². The molecule has 12 heavy (non-hydrogen) atoms. The summed E-state index contributed by atoms with van der Waals surface area (Å²) in [5.41, 5.74) is 5.71. The monoisotopic (exact) mass is 188 g/mol. The van der Waals surface area contributed by atoms with E-state index in [0.29, 0.717) is 12.1 Å². The van der Waals surface area contributed by atoms with Crippen molar-refractivity contribution in [1.29, 1.82) is 0 Å². The van der Waals surface area contributed by atoms with Gasteiger partial charge in [0.05, 0.1) is 5.69 Å². The summed E-state index contributed by atoms with van der Waals surface area (Å²) >= 11 is 1.26. The first-order valence-corrected chi connectivity index (χ1v) is 4.66. The van der Waals surface area contributed by atoms with Gasteiger partial charge in [0.15, 0.2) is 0 Å². The van der Waals surface area contributed by atoms with Crippen molar-refractivity contribution in [3.8, 4) is 0 Å². The second-order valence-electron chi connectivity index (χ2n) is 3.58. The van der Waals surface area contributed by atoms with Crippen LogP contribution in [0.15, 0.2) is 11.4 Å². The highest BCUT2D eigenvalue weighted by Gasteiger charge is 2.21. The normalized spacial score (nSPS) is 14.7. The first kappa shape index (κ1) is 9.61. The van der Waals surface area contributed by atoms with Gasteiger partial charge in [-0.25, -0.2) is 4.39 Å². The fourth-order valence-corrected chi connectivity index (χ4v) is 1.51. The first-order chi connectivity index (χ1) is 5.49. The molecule has 1 unspecified atom stereocenters. The van der Waals surface area contributed by atoms with Crippen LogP contribution >= 0.6 is 11.5 Å². The number of hydrogen-bond acceptors (Lipinski definition) is 3. The lowest BCUT2D eigenvalue weighted by molar-refractivity contribution is 0.263. The van der Waals surface area contributed by atoms with Gasteiger partial charge in [-0.3, -0.25) is 0 Å². The zero-order chi connectivity index (χ0) is 9.19. The number of nitrogens with zero attached hydrogens (tertiary/aromatic N) is 1. The number of nitrogens with two attached hydrogens (primary N) is 1. The van der Waals surface area contributed by atoms with Crippen LogP contribution in [0.25, 0.3) is 0 Å². The minimum absolute atomic E-state index is 0.316. The van der Waals surface area contributed by atoms with Crippen molar-refractivity contribution in [2.75, 3.05) is 0 Å². The minimum atomic E-state index is -1.03. The molecule has 0 radical (unpaired) electrons. The number of halogens is 1. The fraction of sp³-hybridized carbons (Fsp3) is 0.625. The van der Waals surface area contributed by atoms with Gasteiger partial charge in [0.25, 0.3) is 0 Å². The van der Waals surface area contributed by atoms with E-state index in [4.69, 9.17) is 5.73 Å². The fourth-order valence-electron chi connectivity index (χ4n) is 0.950.